The number of amides is 2. The predicted molar refractivity (Wildman–Crippen MR) is 137 cm³/mol. The second kappa shape index (κ2) is 9.67. The van der Waals surface area contributed by atoms with Crippen molar-refractivity contribution in [2.45, 2.75) is 17.7 Å². The molecule has 0 saturated carbocycles. The Balaban J connectivity index is 1.51. The van der Waals surface area contributed by atoms with Gasteiger partial charge in [-0.15, -0.1) is 0 Å². The lowest BCUT2D eigenvalue weighted by molar-refractivity contribution is -0.137. The zero-order valence-electron chi connectivity index (χ0n) is 20.1. The molecule has 2 amide bonds. The molecule has 0 atom stereocenters. The number of hydrogen-bond donors (Lipinski definition) is 3. The van der Waals surface area contributed by atoms with E-state index in [1.54, 1.807) is 6.07 Å². The topological polar surface area (TPSA) is 130 Å². The number of aromatic nitrogens is 2. The molecule has 3 N–H and O–H groups in total. The molecule has 0 spiro atoms. The number of aromatic amines is 1. The smallest absolute Gasteiger partial charge is 0.377 e. The summed E-state index contributed by atoms with van der Waals surface area (Å²) in [6.45, 7) is 0.0755. The van der Waals surface area contributed by atoms with Gasteiger partial charge < -0.3 is 20.4 Å². The van der Waals surface area contributed by atoms with E-state index in [9.17, 15) is 31.2 Å². The maximum absolute atomic E-state index is 13.4. The SMILES string of the molecule is COCc1nc2c(C(=O)Nc3ccc4c(c3)S(=O)(=O)C=C4)cc(NC(=O)c3ccccc3C(F)(F)F)cc2[nH]1. The molecule has 0 saturated heterocycles. The van der Waals surface area contributed by atoms with Crippen molar-refractivity contribution in [2.75, 3.05) is 17.7 Å². The number of carbonyl (C=O) groups excluding carboxylic acids is 2. The van der Waals surface area contributed by atoms with E-state index in [-0.39, 0.29) is 34.0 Å². The van der Waals surface area contributed by atoms with Crippen LogP contribution in [0.3, 0.4) is 0 Å². The van der Waals surface area contributed by atoms with Crippen LogP contribution in [0.15, 0.2) is 64.9 Å². The number of ether oxygens (including phenoxy) is 1. The van der Waals surface area contributed by atoms with Gasteiger partial charge in [-0.3, -0.25) is 9.59 Å². The number of H-pyrrole nitrogens is 1. The van der Waals surface area contributed by atoms with Crippen molar-refractivity contribution >= 4 is 50.1 Å². The van der Waals surface area contributed by atoms with Crippen molar-refractivity contribution in [3.8, 4) is 0 Å². The highest BCUT2D eigenvalue weighted by molar-refractivity contribution is 7.94. The molecule has 39 heavy (non-hydrogen) atoms. The summed E-state index contributed by atoms with van der Waals surface area (Å²) in [5.41, 5.74) is -0.482. The summed E-state index contributed by atoms with van der Waals surface area (Å²) in [6.07, 6.45) is -3.30. The number of imidazole rings is 1. The Hall–Kier alpha value is -4.49. The summed E-state index contributed by atoms with van der Waals surface area (Å²) in [6, 6.07) is 11.4. The van der Waals surface area contributed by atoms with Gasteiger partial charge >= 0.3 is 6.18 Å². The summed E-state index contributed by atoms with van der Waals surface area (Å²) < 4.78 is 69.8. The van der Waals surface area contributed by atoms with Crippen molar-refractivity contribution in [1.82, 2.24) is 9.97 Å². The van der Waals surface area contributed by atoms with Gasteiger partial charge in [0, 0.05) is 23.9 Å². The van der Waals surface area contributed by atoms with E-state index >= 15 is 0 Å². The third-order valence-electron chi connectivity index (χ3n) is 5.90. The predicted octanol–water partition coefficient (Wildman–Crippen LogP) is 4.99. The number of halogens is 3. The Morgan fingerprint density at radius 3 is 2.44 bits per heavy atom. The Kier molecular flexibility index (Phi) is 6.48. The molecule has 0 bridgehead atoms. The molecule has 3 aromatic carbocycles. The number of methoxy groups -OCH3 is 1. The molecule has 0 unspecified atom stereocenters. The van der Waals surface area contributed by atoms with Crippen LogP contribution in [0.5, 0.6) is 0 Å². The summed E-state index contributed by atoms with van der Waals surface area (Å²) >= 11 is 0. The van der Waals surface area contributed by atoms with Gasteiger partial charge in [-0.1, -0.05) is 18.2 Å². The Morgan fingerprint density at radius 2 is 1.69 bits per heavy atom. The summed E-state index contributed by atoms with van der Waals surface area (Å²) in [5.74, 6) is -1.35. The number of benzene rings is 3. The van der Waals surface area contributed by atoms with E-state index in [1.165, 1.54) is 49.6 Å². The molecule has 4 aromatic rings. The van der Waals surface area contributed by atoms with Gasteiger partial charge in [0.2, 0.25) is 9.84 Å². The van der Waals surface area contributed by atoms with Crippen LogP contribution in [0.4, 0.5) is 24.5 Å². The molecule has 9 nitrogen and oxygen atoms in total. The van der Waals surface area contributed by atoms with Crippen LogP contribution < -0.4 is 10.6 Å². The minimum atomic E-state index is -4.75. The lowest BCUT2D eigenvalue weighted by Crippen LogP contribution is -2.19. The van der Waals surface area contributed by atoms with E-state index in [0.29, 0.717) is 16.9 Å². The number of nitrogens with one attached hydrogen (secondary N) is 3. The number of rotatable bonds is 6. The highest BCUT2D eigenvalue weighted by atomic mass is 32.2. The standard InChI is InChI=1S/C26H19F3N4O5S/c1-38-13-22-32-20-11-16(31-24(34)17-4-2-3-5-19(17)26(27,28)29)10-18(23(20)33-22)25(35)30-15-7-6-14-8-9-39(36,37)21(14)12-15/h2-12H,13H2,1H3,(H,30,35)(H,31,34)(H,32,33). The van der Waals surface area contributed by atoms with Crippen LogP contribution >= 0.6 is 0 Å². The fraction of sp³-hybridized carbons (Fsp3) is 0.115. The van der Waals surface area contributed by atoms with Gasteiger partial charge in [0.05, 0.1) is 27.1 Å². The zero-order valence-corrected chi connectivity index (χ0v) is 20.9. The highest BCUT2D eigenvalue weighted by Gasteiger charge is 2.35. The van der Waals surface area contributed by atoms with Gasteiger partial charge in [-0.2, -0.15) is 13.2 Å². The second-order valence-electron chi connectivity index (χ2n) is 8.59. The zero-order chi connectivity index (χ0) is 27.9. The molecule has 0 aliphatic carbocycles. The van der Waals surface area contributed by atoms with E-state index < -0.39 is 39.0 Å². The molecule has 13 heteroatoms. The first kappa shape index (κ1) is 26.1. The number of alkyl halides is 3. The number of sulfone groups is 1. The van der Waals surface area contributed by atoms with Gasteiger partial charge in [0.25, 0.3) is 11.8 Å². The first-order valence-electron chi connectivity index (χ1n) is 11.3. The Morgan fingerprint density at radius 1 is 0.974 bits per heavy atom. The summed E-state index contributed by atoms with van der Waals surface area (Å²) in [5, 5.41) is 6.11. The summed E-state index contributed by atoms with van der Waals surface area (Å²) in [7, 11) is -2.17. The number of hydrogen-bond acceptors (Lipinski definition) is 6. The first-order valence-corrected chi connectivity index (χ1v) is 12.9. The van der Waals surface area contributed by atoms with E-state index in [0.717, 1.165) is 17.5 Å². The van der Waals surface area contributed by atoms with Crippen LogP contribution in [-0.4, -0.2) is 37.3 Å². The molecule has 2 heterocycles. The fourth-order valence-electron chi connectivity index (χ4n) is 4.18. The van der Waals surface area contributed by atoms with Crippen LogP contribution in [0, 0.1) is 0 Å². The number of anilines is 2. The maximum Gasteiger partial charge on any atom is 0.417 e. The quantitative estimate of drug-likeness (QED) is 0.307. The van der Waals surface area contributed by atoms with Gasteiger partial charge in [0.1, 0.15) is 17.9 Å². The monoisotopic (exact) mass is 556 g/mol. The maximum atomic E-state index is 13.4. The first-order chi connectivity index (χ1) is 18.5. The van der Waals surface area contributed by atoms with E-state index in [1.807, 2.05) is 0 Å². The second-order valence-corrected chi connectivity index (χ2v) is 10.4. The van der Waals surface area contributed by atoms with Gasteiger partial charge in [-0.25, -0.2) is 13.4 Å². The molecule has 200 valence electrons. The molecule has 5 rings (SSSR count). The molecular weight excluding hydrogens is 537 g/mol. The normalized spacial score (nSPS) is 13.8. The Bertz CT molecular complexity index is 1780. The van der Waals surface area contributed by atoms with Crippen LogP contribution in [0.2, 0.25) is 0 Å². The third kappa shape index (κ3) is 5.13. The number of fused-ring (bicyclic) bond motifs is 2. The van der Waals surface area contributed by atoms with E-state index in [4.69, 9.17) is 4.74 Å². The molecule has 1 aliphatic heterocycles. The van der Waals surface area contributed by atoms with Gasteiger partial charge in [-0.05, 0) is 48.0 Å². The molecular formula is C26H19F3N4O5S. The van der Waals surface area contributed by atoms with Gasteiger partial charge in [0.15, 0.2) is 0 Å². The molecule has 0 fully saturated rings. The number of carbonyl (C=O) groups is 2. The van der Waals surface area contributed by atoms with Crippen molar-refractivity contribution < 1.29 is 35.9 Å². The average Bonchev–Trinajstić information content (AvgIpc) is 3.42. The third-order valence-corrected chi connectivity index (χ3v) is 7.36. The largest absolute Gasteiger partial charge is 0.417 e. The lowest BCUT2D eigenvalue weighted by atomic mass is 10.1. The van der Waals surface area contributed by atoms with Crippen molar-refractivity contribution in [2.24, 2.45) is 0 Å². The van der Waals surface area contributed by atoms with Crippen LogP contribution in [-0.2, 0) is 27.4 Å². The molecule has 1 aromatic heterocycles. The average molecular weight is 557 g/mol. The lowest BCUT2D eigenvalue weighted by Gasteiger charge is -2.13. The summed E-state index contributed by atoms with van der Waals surface area (Å²) in [4.78, 5) is 33.5. The van der Waals surface area contributed by atoms with Crippen molar-refractivity contribution in [3.63, 3.8) is 0 Å². The van der Waals surface area contributed by atoms with E-state index in [2.05, 4.69) is 20.6 Å². The van der Waals surface area contributed by atoms with Crippen LogP contribution in [0.25, 0.3) is 17.1 Å². The number of nitrogens with zero attached hydrogens (tertiary/aromatic N) is 1. The Labute approximate surface area is 219 Å². The molecule has 0 radical (unpaired) electrons. The minimum absolute atomic E-state index is 0.0213. The fourth-order valence-corrected chi connectivity index (χ4v) is 5.40. The minimum Gasteiger partial charge on any atom is -0.377 e. The molecule has 1 aliphatic rings. The van der Waals surface area contributed by atoms with Crippen molar-refractivity contribution in [1.29, 1.82) is 0 Å². The van der Waals surface area contributed by atoms with Crippen molar-refractivity contribution in [3.05, 3.63) is 88.1 Å². The van der Waals surface area contributed by atoms with Crippen LogP contribution in [0.1, 0.15) is 37.7 Å². The highest BCUT2D eigenvalue weighted by Crippen LogP contribution is 2.33.